The maximum Gasteiger partial charge on any atom is 0.334 e. The molecule has 0 saturated carbocycles. The van der Waals surface area contributed by atoms with Gasteiger partial charge < -0.3 is 4.74 Å². The molecule has 0 bridgehead atoms. The van der Waals surface area contributed by atoms with E-state index < -0.39 is 23.8 Å². The average Bonchev–Trinajstić information content (AvgIpc) is 2.81. The fraction of sp³-hybridized carbons (Fsp3) is 0.118. The van der Waals surface area contributed by atoms with E-state index in [9.17, 15) is 14.4 Å². The molecule has 2 aromatic rings. The summed E-state index contributed by atoms with van der Waals surface area (Å²) in [7, 11) is 0. The maximum absolute atomic E-state index is 12.3. The van der Waals surface area contributed by atoms with E-state index in [0.717, 1.165) is 8.47 Å². The lowest BCUT2D eigenvalue weighted by Gasteiger charge is -2.20. The Labute approximate surface area is 146 Å². The van der Waals surface area contributed by atoms with Crippen LogP contribution in [-0.2, 0) is 4.79 Å². The van der Waals surface area contributed by atoms with Gasteiger partial charge in [0, 0.05) is 3.57 Å². The molecule has 0 fully saturated rings. The Morgan fingerprint density at radius 2 is 1.52 bits per heavy atom. The van der Waals surface area contributed by atoms with Crippen molar-refractivity contribution in [3.63, 3.8) is 0 Å². The molecule has 1 atom stereocenters. The summed E-state index contributed by atoms with van der Waals surface area (Å²) in [6.07, 6.45) is 0. The monoisotopic (exact) mass is 421 g/mol. The Hall–Kier alpha value is -2.22. The quantitative estimate of drug-likeness (QED) is 0.331. The molecule has 1 unspecified atom stereocenters. The van der Waals surface area contributed by atoms with Crippen molar-refractivity contribution in [2.75, 3.05) is 0 Å². The third-order valence-electron chi connectivity index (χ3n) is 3.59. The Morgan fingerprint density at radius 3 is 2.04 bits per heavy atom. The summed E-state index contributed by atoms with van der Waals surface area (Å²) in [5, 5.41) is 0. The summed E-state index contributed by atoms with van der Waals surface area (Å²) in [6, 6.07) is 12.4. The number of nitrogens with zero attached hydrogens (tertiary/aromatic N) is 1. The number of esters is 1. The molecule has 1 heterocycles. The topological polar surface area (TPSA) is 63.7 Å². The zero-order valence-corrected chi connectivity index (χ0v) is 14.3. The highest BCUT2D eigenvalue weighted by Gasteiger charge is 2.41. The number of hydrogen-bond acceptors (Lipinski definition) is 4. The van der Waals surface area contributed by atoms with E-state index in [-0.39, 0.29) is 0 Å². The predicted octanol–water partition coefficient (Wildman–Crippen LogP) is 2.88. The van der Waals surface area contributed by atoms with E-state index in [1.165, 1.54) is 6.92 Å². The van der Waals surface area contributed by atoms with Gasteiger partial charge in [0.25, 0.3) is 11.8 Å². The van der Waals surface area contributed by atoms with Crippen LogP contribution in [0.3, 0.4) is 0 Å². The first-order chi connectivity index (χ1) is 11.0. The van der Waals surface area contributed by atoms with Gasteiger partial charge in [0.05, 0.1) is 11.1 Å². The molecule has 1 aliphatic rings. The van der Waals surface area contributed by atoms with Crippen LogP contribution in [0.5, 0.6) is 5.75 Å². The summed E-state index contributed by atoms with van der Waals surface area (Å²) in [6.45, 7) is 1.48. The average molecular weight is 421 g/mol. The number of imide groups is 1. The number of fused-ring (bicyclic) bond motifs is 1. The Kier molecular flexibility index (Phi) is 4.16. The van der Waals surface area contributed by atoms with Gasteiger partial charge in [-0.15, -0.1) is 0 Å². The Balaban J connectivity index is 1.79. The minimum Gasteiger partial charge on any atom is -0.425 e. The van der Waals surface area contributed by atoms with Crippen molar-refractivity contribution in [2.24, 2.45) is 0 Å². The molecule has 2 aromatic carbocycles. The fourth-order valence-corrected chi connectivity index (χ4v) is 2.73. The van der Waals surface area contributed by atoms with Crippen molar-refractivity contribution in [3.8, 4) is 5.75 Å². The number of amides is 2. The molecular formula is C17H12INO4. The molecular weight excluding hydrogens is 409 g/mol. The smallest absolute Gasteiger partial charge is 0.334 e. The largest absolute Gasteiger partial charge is 0.425 e. The number of rotatable bonds is 3. The molecule has 0 N–H and O–H groups in total. The van der Waals surface area contributed by atoms with Gasteiger partial charge in [-0.25, -0.2) is 4.79 Å². The van der Waals surface area contributed by atoms with Crippen molar-refractivity contribution >= 4 is 40.4 Å². The number of benzene rings is 2. The van der Waals surface area contributed by atoms with E-state index >= 15 is 0 Å². The number of carbonyl (C=O) groups is 3. The van der Waals surface area contributed by atoms with Crippen LogP contribution in [0.1, 0.15) is 27.6 Å². The van der Waals surface area contributed by atoms with Crippen molar-refractivity contribution in [3.05, 3.63) is 63.2 Å². The van der Waals surface area contributed by atoms with Gasteiger partial charge in [-0.3, -0.25) is 14.5 Å². The SMILES string of the molecule is CC(C(=O)Oc1ccc(I)cc1)N1C(=O)c2ccccc2C1=O. The lowest BCUT2D eigenvalue weighted by molar-refractivity contribution is -0.138. The van der Waals surface area contributed by atoms with E-state index in [2.05, 4.69) is 22.6 Å². The molecule has 5 nitrogen and oxygen atoms in total. The normalized spacial score (nSPS) is 14.6. The highest BCUT2D eigenvalue weighted by molar-refractivity contribution is 14.1. The summed E-state index contributed by atoms with van der Waals surface area (Å²) in [5.41, 5.74) is 0.623. The van der Waals surface area contributed by atoms with Crippen LogP contribution in [-0.4, -0.2) is 28.7 Å². The van der Waals surface area contributed by atoms with Crippen LogP contribution in [0.15, 0.2) is 48.5 Å². The van der Waals surface area contributed by atoms with E-state index in [4.69, 9.17) is 4.74 Å². The third-order valence-corrected chi connectivity index (χ3v) is 4.31. The van der Waals surface area contributed by atoms with Gasteiger partial charge in [0.2, 0.25) is 0 Å². The van der Waals surface area contributed by atoms with Crippen LogP contribution < -0.4 is 4.74 Å². The maximum atomic E-state index is 12.3. The highest BCUT2D eigenvalue weighted by Crippen LogP contribution is 2.25. The lowest BCUT2D eigenvalue weighted by Crippen LogP contribution is -2.44. The molecule has 6 heteroatoms. The summed E-state index contributed by atoms with van der Waals surface area (Å²) >= 11 is 2.14. The summed E-state index contributed by atoms with van der Waals surface area (Å²) in [4.78, 5) is 37.9. The van der Waals surface area contributed by atoms with Gasteiger partial charge in [-0.2, -0.15) is 0 Å². The molecule has 0 aromatic heterocycles. The zero-order valence-electron chi connectivity index (χ0n) is 12.2. The van der Waals surface area contributed by atoms with Gasteiger partial charge in [0.1, 0.15) is 11.8 Å². The zero-order chi connectivity index (χ0) is 16.6. The molecule has 116 valence electrons. The van der Waals surface area contributed by atoms with Crippen molar-refractivity contribution in [1.82, 2.24) is 4.90 Å². The second-order valence-corrected chi connectivity index (χ2v) is 6.32. The number of hydrogen-bond donors (Lipinski definition) is 0. The fourth-order valence-electron chi connectivity index (χ4n) is 2.37. The second-order valence-electron chi connectivity index (χ2n) is 5.08. The minimum atomic E-state index is -0.998. The molecule has 1 aliphatic heterocycles. The Morgan fingerprint density at radius 1 is 1.00 bits per heavy atom. The van der Waals surface area contributed by atoms with Crippen LogP contribution >= 0.6 is 22.6 Å². The molecule has 3 rings (SSSR count). The first-order valence-corrected chi connectivity index (χ1v) is 8.01. The van der Waals surface area contributed by atoms with E-state index in [1.54, 1.807) is 48.5 Å². The van der Waals surface area contributed by atoms with Gasteiger partial charge in [0.15, 0.2) is 0 Å². The first-order valence-electron chi connectivity index (χ1n) is 6.93. The molecule has 0 spiro atoms. The highest BCUT2D eigenvalue weighted by atomic mass is 127. The molecule has 23 heavy (non-hydrogen) atoms. The van der Waals surface area contributed by atoms with Crippen LogP contribution in [0.2, 0.25) is 0 Å². The van der Waals surface area contributed by atoms with Gasteiger partial charge in [-0.05, 0) is 65.9 Å². The number of ether oxygens (including phenoxy) is 1. The summed E-state index contributed by atoms with van der Waals surface area (Å²) in [5.74, 6) is -1.23. The summed E-state index contributed by atoms with van der Waals surface area (Å²) < 4.78 is 6.26. The van der Waals surface area contributed by atoms with E-state index in [0.29, 0.717) is 16.9 Å². The predicted molar refractivity (Wildman–Crippen MR) is 91.2 cm³/mol. The van der Waals surface area contributed by atoms with Gasteiger partial charge in [-0.1, -0.05) is 12.1 Å². The molecule has 0 aliphatic carbocycles. The Bertz CT molecular complexity index is 765. The van der Waals surface area contributed by atoms with Crippen molar-refractivity contribution in [2.45, 2.75) is 13.0 Å². The van der Waals surface area contributed by atoms with Crippen LogP contribution in [0.25, 0.3) is 0 Å². The van der Waals surface area contributed by atoms with Gasteiger partial charge >= 0.3 is 5.97 Å². The van der Waals surface area contributed by atoms with Crippen LogP contribution in [0, 0.1) is 3.57 Å². The third kappa shape index (κ3) is 2.86. The van der Waals surface area contributed by atoms with Crippen molar-refractivity contribution in [1.29, 1.82) is 0 Å². The molecule has 2 amide bonds. The lowest BCUT2D eigenvalue weighted by atomic mass is 10.1. The standard InChI is InChI=1S/C17H12INO4/c1-10(17(22)23-12-8-6-11(18)7-9-12)19-15(20)13-4-2-3-5-14(13)16(19)21/h2-10H,1H3. The van der Waals surface area contributed by atoms with E-state index in [1.807, 2.05) is 0 Å². The first kappa shape index (κ1) is 15.7. The van der Waals surface area contributed by atoms with Crippen LogP contribution in [0.4, 0.5) is 0 Å². The minimum absolute atomic E-state index is 0.311. The van der Waals surface area contributed by atoms with Crippen molar-refractivity contribution < 1.29 is 19.1 Å². The number of carbonyl (C=O) groups excluding carboxylic acids is 3. The number of halogens is 1. The molecule has 0 radical (unpaired) electrons. The molecule has 0 saturated heterocycles. The second kappa shape index (κ2) is 6.11.